The lowest BCUT2D eigenvalue weighted by atomic mass is 9.91. The van der Waals surface area contributed by atoms with Gasteiger partial charge in [-0.1, -0.05) is 0 Å². The summed E-state index contributed by atoms with van der Waals surface area (Å²) in [5, 5.41) is 269. The van der Waals surface area contributed by atoms with E-state index < -0.39 is 339 Å². The molecular weight excluding hydrogens is 1520 g/mol. The van der Waals surface area contributed by atoms with Crippen molar-refractivity contribution in [1.29, 1.82) is 0 Å². The molecule has 8 aromatic carbocycles. The van der Waals surface area contributed by atoms with Gasteiger partial charge in [0.1, 0.15) is 36.5 Å². The normalized spacial score (nSPS) is 21.4. The average molecular weight is 1570 g/mol. The zero-order valence-corrected chi connectivity index (χ0v) is 54.9. The first-order valence-electron chi connectivity index (χ1n) is 31.2. The smallest absolute Gasteiger partial charge is 0.342 e. The number of esters is 8. The van der Waals surface area contributed by atoms with Gasteiger partial charge >= 0.3 is 47.8 Å². The first-order valence-corrected chi connectivity index (χ1v) is 31.2. The number of aliphatic hydroxyl groups excluding tert-OH is 2. The molecule has 0 saturated carbocycles. The minimum absolute atomic E-state index is 0.148. The van der Waals surface area contributed by atoms with Crippen molar-refractivity contribution in [2.75, 3.05) is 13.2 Å². The van der Waals surface area contributed by atoms with E-state index in [-0.39, 0.29) is 30.3 Å². The van der Waals surface area contributed by atoms with Crippen LogP contribution < -0.4 is 9.47 Å². The lowest BCUT2D eigenvalue weighted by Crippen LogP contribution is -2.62. The lowest BCUT2D eigenvalue weighted by Gasteiger charge is -2.42. The van der Waals surface area contributed by atoms with E-state index in [1.165, 1.54) is 0 Å². The average Bonchev–Trinajstić information content (AvgIpc) is 1.12. The highest BCUT2D eigenvalue weighted by Crippen LogP contribution is 2.59. The van der Waals surface area contributed by atoms with Crippen LogP contribution in [0.25, 0.3) is 22.3 Å². The van der Waals surface area contributed by atoms with E-state index >= 15 is 19.2 Å². The summed E-state index contributed by atoms with van der Waals surface area (Å²) in [7, 11) is 0. The van der Waals surface area contributed by atoms with Crippen LogP contribution in [0.1, 0.15) is 82.9 Å². The molecular formula is C68H48O44. The monoisotopic (exact) mass is 1570 g/mol. The Hall–Kier alpha value is -15.4. The van der Waals surface area contributed by atoms with Crippen molar-refractivity contribution in [2.24, 2.45) is 0 Å². The van der Waals surface area contributed by atoms with Crippen LogP contribution in [0.2, 0.25) is 0 Å². The molecule has 2 fully saturated rings. The first-order chi connectivity index (χ1) is 52.8. The summed E-state index contributed by atoms with van der Waals surface area (Å²) >= 11 is 0. The van der Waals surface area contributed by atoms with Gasteiger partial charge in [-0.05, 0) is 36.4 Å². The summed E-state index contributed by atoms with van der Waals surface area (Å²) in [5.74, 6) is -56.6. The standard InChI is InChI=1S/C68H48O44/c69-21-1-13(2-22(70)37(21)77)59(91)109-55-53-32-12-102-62(94)17-9-29(43(83)47(87)35(17)34-16(63(95)107-53)6-26(74)40(80)46(34)86)103-51-19(7-27(75)41(81)49(51)89)65(97)112-58-56(110-60(92)14-3-23(71)38(78)24(72)4-14)54-31(105-68(58)100)11-101-61(93)15-5-25(73)39(79)45(85)33(15)36-18(64(96)108-54)10-30(44(84)48(36)88)104-52-20(8-28(76)42(82)50(52)90)66(98)111-57(55)67(99)106-32/h1-10,31-32,53-58,67-90,99-100H,11-12H2/t31-,32-,53+,54-,55-,56+,57-,58-,67?,68?/m0/s1. The van der Waals surface area contributed by atoms with Gasteiger partial charge in [-0.3, -0.25) is 0 Å². The predicted octanol–water partition coefficient (Wildman–Crippen LogP) is 2.17. The second-order valence-corrected chi connectivity index (χ2v) is 24.4. The van der Waals surface area contributed by atoms with Gasteiger partial charge in [-0.2, -0.15) is 0 Å². The van der Waals surface area contributed by atoms with Gasteiger partial charge in [0.25, 0.3) is 0 Å². The minimum atomic E-state index is -2.94. The number of fused-ring (bicyclic) bond motifs is 7. The molecule has 10 atom stereocenters. The molecule has 6 heterocycles. The molecule has 2 saturated heterocycles. The third kappa shape index (κ3) is 12.4. The van der Waals surface area contributed by atoms with E-state index in [2.05, 4.69) is 0 Å². The molecule has 14 rings (SSSR count). The maximum atomic E-state index is 15.5. The second-order valence-electron chi connectivity index (χ2n) is 24.4. The summed E-state index contributed by atoms with van der Waals surface area (Å²) in [5.41, 5.74) is -15.9. The summed E-state index contributed by atoms with van der Waals surface area (Å²) in [6, 6.07) is 2.96. The van der Waals surface area contributed by atoms with Crippen molar-refractivity contribution in [3.8, 4) is 172 Å². The zero-order valence-electron chi connectivity index (χ0n) is 54.9. The van der Waals surface area contributed by atoms with Crippen molar-refractivity contribution in [1.82, 2.24) is 0 Å². The van der Waals surface area contributed by atoms with Gasteiger partial charge in [0.05, 0.1) is 33.4 Å². The number of benzene rings is 8. The summed E-state index contributed by atoms with van der Waals surface area (Å²) in [4.78, 5) is 119. The van der Waals surface area contributed by atoms with Crippen molar-refractivity contribution in [3.63, 3.8) is 0 Å². The number of carbonyl (C=O) groups is 8. The fourth-order valence-electron chi connectivity index (χ4n) is 12.3. The number of hydrogen-bond acceptors (Lipinski definition) is 44. The van der Waals surface area contributed by atoms with Crippen molar-refractivity contribution >= 4 is 47.8 Å². The number of aromatic hydroxyl groups is 22. The summed E-state index contributed by atoms with van der Waals surface area (Å²) in [6.45, 7) is -2.98. The molecule has 44 nitrogen and oxygen atoms in total. The van der Waals surface area contributed by atoms with Crippen molar-refractivity contribution in [3.05, 3.63) is 105 Å². The number of cyclic esters (lactones) is 1. The molecule has 0 aromatic heterocycles. The molecule has 44 heteroatoms. The maximum Gasteiger partial charge on any atom is 0.342 e. The molecule has 0 radical (unpaired) electrons. The number of hydrogen-bond donors (Lipinski definition) is 24. The fourth-order valence-corrected chi connectivity index (χ4v) is 12.3. The van der Waals surface area contributed by atoms with Gasteiger partial charge in [-0.15, -0.1) is 0 Å². The molecule has 0 aliphatic carbocycles. The SMILES string of the molecule is O=C(O[C@@H]1[C@H]2OC(=O)c3cc4c(O)c(O)c3-c3c(cc(O)c(O)c3O)C(=O)OC[C@@H]2OC(O)[C@H]1OC(=O)c1cc(O)c(O)c(O)c1Oc1cc2c(c(O)c1O)-c1c(cc(O)c(O)c1O)C(=O)O[C@H]1[C@H](OC(=O)c3cc(O)c(O)c(O)c3)[C@H](OC(=O)c3cc(O)c(O)c(O)c3O4)C(O)O[C@H]1COC2=O)c1cc(O)c(O)c(O)c1. The van der Waals surface area contributed by atoms with Crippen molar-refractivity contribution in [2.45, 2.75) is 61.4 Å². The predicted molar refractivity (Wildman–Crippen MR) is 344 cm³/mol. The number of phenolic OH excluding ortho intramolecular Hbond substituents is 22. The number of rotatable bonds is 4. The molecule has 112 heavy (non-hydrogen) atoms. The Morgan fingerprint density at radius 1 is 0.295 bits per heavy atom. The van der Waals surface area contributed by atoms with E-state index in [1.54, 1.807) is 0 Å². The number of ether oxygens (including phenoxy) is 12. The fraction of sp³-hybridized carbons (Fsp3) is 0.176. The molecule has 0 spiro atoms. The van der Waals surface area contributed by atoms with Crippen LogP contribution in [0.5, 0.6) is 149 Å². The Morgan fingerprint density at radius 2 is 0.554 bits per heavy atom. The highest BCUT2D eigenvalue weighted by atomic mass is 16.7. The summed E-state index contributed by atoms with van der Waals surface area (Å²) in [6.07, 6.45) is -27.7. The van der Waals surface area contributed by atoms with Crippen molar-refractivity contribution < 1.29 is 218 Å². The van der Waals surface area contributed by atoms with E-state index in [0.29, 0.717) is 30.3 Å². The Morgan fingerprint density at radius 3 is 0.893 bits per heavy atom. The third-order valence-corrected chi connectivity index (χ3v) is 17.7. The first kappa shape index (κ1) is 74.8. The van der Waals surface area contributed by atoms with Crippen LogP contribution in [0.15, 0.2) is 60.7 Å². The molecule has 0 amide bonds. The van der Waals surface area contributed by atoms with Crippen LogP contribution in [0.4, 0.5) is 0 Å². The quantitative estimate of drug-likeness (QED) is 0.0682. The Bertz CT molecular complexity index is 5420. The molecule has 2 unspecified atom stereocenters. The molecule has 6 aliphatic rings. The molecule has 9 bridgehead atoms. The van der Waals surface area contributed by atoms with Crippen LogP contribution in [-0.2, 0) is 47.4 Å². The molecule has 6 aliphatic heterocycles. The molecule has 584 valence electrons. The second kappa shape index (κ2) is 27.4. The van der Waals surface area contributed by atoms with Crippen LogP contribution in [0.3, 0.4) is 0 Å². The highest BCUT2D eigenvalue weighted by molar-refractivity contribution is 6.10. The van der Waals surface area contributed by atoms with Gasteiger partial charge in [0.2, 0.25) is 46.0 Å². The van der Waals surface area contributed by atoms with Gasteiger partial charge in [-0.25, -0.2) is 38.4 Å². The number of aliphatic hydroxyl groups is 2. The van der Waals surface area contributed by atoms with Gasteiger partial charge < -0.3 is 179 Å². The Kier molecular flexibility index (Phi) is 18.3. The highest BCUT2D eigenvalue weighted by Gasteiger charge is 2.56. The molecule has 8 aromatic rings. The topological polar surface area (TPSA) is 733 Å². The van der Waals surface area contributed by atoms with Crippen LogP contribution in [0, 0.1) is 0 Å². The van der Waals surface area contributed by atoms with Gasteiger partial charge in [0, 0.05) is 46.5 Å². The van der Waals surface area contributed by atoms with E-state index in [4.69, 9.17) is 56.8 Å². The summed E-state index contributed by atoms with van der Waals surface area (Å²) < 4.78 is 67.6. The lowest BCUT2D eigenvalue weighted by molar-refractivity contribution is -0.284. The van der Waals surface area contributed by atoms with Gasteiger partial charge in [0.15, 0.2) is 153 Å². The van der Waals surface area contributed by atoms with Crippen LogP contribution in [-0.4, -0.2) is 245 Å². The minimum Gasteiger partial charge on any atom is -0.504 e. The maximum absolute atomic E-state index is 15.5. The molecule has 24 N–H and O–H groups in total. The van der Waals surface area contributed by atoms with Crippen LogP contribution >= 0.6 is 0 Å². The Labute approximate surface area is 615 Å². The van der Waals surface area contributed by atoms with E-state index in [0.717, 1.165) is 0 Å². The number of carbonyl (C=O) groups excluding carboxylic acids is 8. The zero-order chi connectivity index (χ0) is 81.3. The third-order valence-electron chi connectivity index (χ3n) is 17.7. The Balaban J connectivity index is 1.08. The van der Waals surface area contributed by atoms with E-state index in [1.807, 2.05) is 0 Å². The number of phenols is 22. The largest absolute Gasteiger partial charge is 0.504 e. The van der Waals surface area contributed by atoms with E-state index in [9.17, 15) is 142 Å².